The Kier molecular flexibility index (Phi) is 7.63. The van der Waals surface area contributed by atoms with E-state index < -0.39 is 5.60 Å². The lowest BCUT2D eigenvalue weighted by molar-refractivity contribution is -0.0967. The SMILES string of the molecule is CCOCCCOC1(CC)CCCN(C(=O)OC(C)(C)C)C1. The van der Waals surface area contributed by atoms with E-state index in [-0.39, 0.29) is 11.7 Å². The third-order valence-electron chi connectivity index (χ3n) is 3.88. The zero-order chi connectivity index (χ0) is 16.6. The van der Waals surface area contributed by atoms with Crippen LogP contribution in [0.4, 0.5) is 4.79 Å². The van der Waals surface area contributed by atoms with Crippen molar-refractivity contribution in [2.75, 3.05) is 32.9 Å². The van der Waals surface area contributed by atoms with Crippen molar-refractivity contribution in [2.24, 2.45) is 0 Å². The van der Waals surface area contributed by atoms with Crippen molar-refractivity contribution in [1.29, 1.82) is 0 Å². The molecule has 0 saturated carbocycles. The highest BCUT2D eigenvalue weighted by Crippen LogP contribution is 2.29. The molecule has 1 atom stereocenters. The van der Waals surface area contributed by atoms with Gasteiger partial charge in [0.2, 0.25) is 0 Å². The Balaban J connectivity index is 2.51. The Labute approximate surface area is 135 Å². The molecular weight excluding hydrogens is 282 g/mol. The van der Waals surface area contributed by atoms with E-state index in [1.807, 2.05) is 27.7 Å². The molecule has 1 amide bonds. The lowest BCUT2D eigenvalue weighted by Crippen LogP contribution is -2.52. The number of likely N-dealkylation sites (tertiary alicyclic amines) is 1. The van der Waals surface area contributed by atoms with E-state index >= 15 is 0 Å². The van der Waals surface area contributed by atoms with Gasteiger partial charge in [0.1, 0.15) is 5.60 Å². The summed E-state index contributed by atoms with van der Waals surface area (Å²) >= 11 is 0. The molecule has 1 unspecified atom stereocenters. The van der Waals surface area contributed by atoms with Crippen molar-refractivity contribution in [3.05, 3.63) is 0 Å². The van der Waals surface area contributed by atoms with Gasteiger partial charge in [0, 0.05) is 26.4 Å². The average Bonchev–Trinajstić information content (AvgIpc) is 2.45. The van der Waals surface area contributed by atoms with Gasteiger partial charge in [0.25, 0.3) is 0 Å². The number of carbonyl (C=O) groups excluding carboxylic acids is 1. The van der Waals surface area contributed by atoms with Crippen LogP contribution in [0.5, 0.6) is 0 Å². The lowest BCUT2D eigenvalue weighted by Gasteiger charge is -2.42. The molecule has 0 aliphatic carbocycles. The largest absolute Gasteiger partial charge is 0.444 e. The van der Waals surface area contributed by atoms with Gasteiger partial charge in [0.15, 0.2) is 0 Å². The smallest absolute Gasteiger partial charge is 0.410 e. The summed E-state index contributed by atoms with van der Waals surface area (Å²) in [5.74, 6) is 0. The minimum Gasteiger partial charge on any atom is -0.444 e. The topological polar surface area (TPSA) is 48.0 Å². The van der Waals surface area contributed by atoms with Crippen LogP contribution in [0.15, 0.2) is 0 Å². The molecule has 5 heteroatoms. The molecule has 5 nitrogen and oxygen atoms in total. The van der Waals surface area contributed by atoms with Crippen LogP contribution in [0, 0.1) is 0 Å². The van der Waals surface area contributed by atoms with Gasteiger partial charge in [0.05, 0.1) is 12.1 Å². The second-order valence-electron chi connectivity index (χ2n) is 6.94. The average molecular weight is 315 g/mol. The minimum atomic E-state index is -0.457. The number of nitrogens with zero attached hydrogens (tertiary/aromatic N) is 1. The quantitative estimate of drug-likeness (QED) is 0.673. The molecule has 0 spiro atoms. The molecule has 1 rings (SSSR count). The highest BCUT2D eigenvalue weighted by molar-refractivity contribution is 5.68. The minimum absolute atomic E-state index is 0.233. The maximum absolute atomic E-state index is 12.3. The number of hydrogen-bond donors (Lipinski definition) is 0. The van der Waals surface area contributed by atoms with Gasteiger partial charge in [-0.25, -0.2) is 4.79 Å². The van der Waals surface area contributed by atoms with Gasteiger partial charge in [-0.15, -0.1) is 0 Å². The van der Waals surface area contributed by atoms with E-state index in [2.05, 4.69) is 6.92 Å². The molecule has 0 aromatic heterocycles. The van der Waals surface area contributed by atoms with Crippen molar-refractivity contribution in [1.82, 2.24) is 4.90 Å². The first-order valence-corrected chi connectivity index (χ1v) is 8.51. The second kappa shape index (κ2) is 8.73. The lowest BCUT2D eigenvalue weighted by atomic mass is 9.90. The third kappa shape index (κ3) is 6.53. The molecule has 130 valence electrons. The molecule has 0 aromatic rings. The zero-order valence-corrected chi connectivity index (χ0v) is 14.9. The number of rotatable bonds is 7. The second-order valence-corrected chi connectivity index (χ2v) is 6.94. The van der Waals surface area contributed by atoms with E-state index in [0.29, 0.717) is 13.2 Å². The summed E-state index contributed by atoms with van der Waals surface area (Å²) in [6.45, 7) is 13.3. The molecular formula is C17H33NO4. The first kappa shape index (κ1) is 19.2. The number of amides is 1. The predicted octanol–water partition coefficient (Wildman–Crippen LogP) is 3.61. The highest BCUT2D eigenvalue weighted by atomic mass is 16.6. The van der Waals surface area contributed by atoms with Crippen molar-refractivity contribution in [3.8, 4) is 0 Å². The summed E-state index contributed by atoms with van der Waals surface area (Å²) in [5, 5.41) is 0. The van der Waals surface area contributed by atoms with Crippen LogP contribution in [0.1, 0.15) is 60.3 Å². The molecule has 22 heavy (non-hydrogen) atoms. The number of ether oxygens (including phenoxy) is 3. The maximum Gasteiger partial charge on any atom is 0.410 e. The molecule has 1 saturated heterocycles. The van der Waals surface area contributed by atoms with Gasteiger partial charge >= 0.3 is 6.09 Å². The Morgan fingerprint density at radius 2 is 1.95 bits per heavy atom. The van der Waals surface area contributed by atoms with Crippen LogP contribution in [0.25, 0.3) is 0 Å². The molecule has 0 N–H and O–H groups in total. The van der Waals surface area contributed by atoms with Gasteiger partial charge in [-0.1, -0.05) is 6.92 Å². The highest BCUT2D eigenvalue weighted by Gasteiger charge is 2.37. The third-order valence-corrected chi connectivity index (χ3v) is 3.88. The summed E-state index contributed by atoms with van der Waals surface area (Å²) in [5.41, 5.74) is -0.691. The van der Waals surface area contributed by atoms with E-state index in [1.165, 1.54) is 0 Å². The van der Waals surface area contributed by atoms with E-state index in [1.54, 1.807) is 4.90 Å². The number of hydrogen-bond acceptors (Lipinski definition) is 4. The first-order chi connectivity index (χ1) is 10.3. The van der Waals surface area contributed by atoms with Gasteiger partial charge in [-0.3, -0.25) is 0 Å². The van der Waals surface area contributed by atoms with Crippen molar-refractivity contribution >= 4 is 6.09 Å². The van der Waals surface area contributed by atoms with E-state index in [9.17, 15) is 4.79 Å². The molecule has 1 heterocycles. The summed E-state index contributed by atoms with van der Waals surface area (Å²) in [6, 6.07) is 0. The first-order valence-electron chi connectivity index (χ1n) is 8.51. The molecule has 1 aliphatic rings. The van der Waals surface area contributed by atoms with Crippen LogP contribution in [0.2, 0.25) is 0 Å². The van der Waals surface area contributed by atoms with Crippen molar-refractivity contribution in [2.45, 2.75) is 71.5 Å². The van der Waals surface area contributed by atoms with E-state index in [4.69, 9.17) is 14.2 Å². The molecule has 1 aliphatic heterocycles. The molecule has 0 aromatic carbocycles. The zero-order valence-electron chi connectivity index (χ0n) is 14.9. The standard InChI is InChI=1S/C17H33NO4/c1-6-17(21-13-9-12-20-7-2)10-8-11-18(14-17)15(19)22-16(3,4)5/h6-14H2,1-5H3. The summed E-state index contributed by atoms with van der Waals surface area (Å²) in [7, 11) is 0. The van der Waals surface area contributed by atoms with Crippen LogP contribution < -0.4 is 0 Å². The Hall–Kier alpha value is -0.810. The monoisotopic (exact) mass is 315 g/mol. The normalized spacial score (nSPS) is 22.7. The Bertz CT molecular complexity index is 340. The summed E-state index contributed by atoms with van der Waals surface area (Å²) < 4.78 is 17.0. The van der Waals surface area contributed by atoms with Gasteiger partial charge < -0.3 is 19.1 Å². The van der Waals surface area contributed by atoms with E-state index in [0.717, 1.165) is 45.4 Å². The van der Waals surface area contributed by atoms with Crippen molar-refractivity contribution in [3.63, 3.8) is 0 Å². The Morgan fingerprint density at radius 1 is 1.23 bits per heavy atom. The fraction of sp³-hybridized carbons (Fsp3) is 0.941. The fourth-order valence-corrected chi connectivity index (χ4v) is 2.68. The van der Waals surface area contributed by atoms with Crippen LogP contribution in [-0.2, 0) is 14.2 Å². The van der Waals surface area contributed by atoms with Crippen LogP contribution >= 0.6 is 0 Å². The number of carbonyl (C=O) groups is 1. The maximum atomic E-state index is 12.3. The van der Waals surface area contributed by atoms with Crippen molar-refractivity contribution < 1.29 is 19.0 Å². The Morgan fingerprint density at radius 3 is 2.55 bits per heavy atom. The fourth-order valence-electron chi connectivity index (χ4n) is 2.68. The molecule has 0 bridgehead atoms. The van der Waals surface area contributed by atoms with Crippen LogP contribution in [0.3, 0.4) is 0 Å². The number of piperidine rings is 1. The predicted molar refractivity (Wildman–Crippen MR) is 87.1 cm³/mol. The summed E-state index contributed by atoms with van der Waals surface area (Å²) in [6.07, 6.45) is 3.52. The van der Waals surface area contributed by atoms with Gasteiger partial charge in [-0.05, 0) is 53.4 Å². The molecule has 1 fully saturated rings. The molecule has 0 radical (unpaired) electrons. The summed E-state index contributed by atoms with van der Waals surface area (Å²) in [4.78, 5) is 14.1. The van der Waals surface area contributed by atoms with Crippen LogP contribution in [-0.4, -0.2) is 55.1 Å². The van der Waals surface area contributed by atoms with Gasteiger partial charge in [-0.2, -0.15) is 0 Å².